The molecule has 2 N–H and O–H groups in total. The van der Waals surface area contributed by atoms with E-state index >= 15 is 0 Å². The summed E-state index contributed by atoms with van der Waals surface area (Å²) >= 11 is 1.76. The molecule has 1 aromatic carbocycles. The fourth-order valence-electron chi connectivity index (χ4n) is 3.00. The van der Waals surface area contributed by atoms with Crippen LogP contribution in [-0.2, 0) is 6.54 Å². The van der Waals surface area contributed by atoms with E-state index in [-0.39, 0.29) is 5.91 Å². The van der Waals surface area contributed by atoms with Crippen molar-refractivity contribution in [3.05, 3.63) is 60.6 Å². The number of fused-ring (bicyclic) bond motifs is 1. The Labute approximate surface area is 158 Å². The first-order valence-electron chi connectivity index (χ1n) is 8.47. The number of hydrogen-bond acceptors (Lipinski definition) is 5. The van der Waals surface area contributed by atoms with Crippen molar-refractivity contribution in [3.63, 3.8) is 0 Å². The minimum absolute atomic E-state index is 0.288. The average Bonchev–Trinajstić information content (AvgIpc) is 3.45. The van der Waals surface area contributed by atoms with Gasteiger partial charge in [0, 0.05) is 35.8 Å². The molecule has 1 aliphatic heterocycles. The third-order valence-corrected chi connectivity index (χ3v) is 5.29. The highest BCUT2D eigenvalue weighted by Crippen LogP contribution is 2.30. The molecule has 1 aliphatic rings. The lowest BCUT2D eigenvalue weighted by Gasteiger charge is -2.05. The number of thioether (sulfide) groups is 1. The Bertz CT molecular complexity index is 1090. The number of nitrogens with one attached hydrogen (secondary N) is 2. The summed E-state index contributed by atoms with van der Waals surface area (Å²) in [6, 6.07) is 12.9. The number of hydrogen-bond donors (Lipinski definition) is 2. The Morgan fingerprint density at radius 3 is 3.07 bits per heavy atom. The van der Waals surface area contributed by atoms with E-state index in [4.69, 9.17) is 4.42 Å². The van der Waals surface area contributed by atoms with Gasteiger partial charge in [-0.1, -0.05) is 23.9 Å². The smallest absolute Gasteiger partial charge is 0.276 e. The minimum atomic E-state index is -0.288. The van der Waals surface area contributed by atoms with Crippen molar-refractivity contribution in [1.29, 1.82) is 0 Å². The molecule has 134 valence electrons. The van der Waals surface area contributed by atoms with Gasteiger partial charge in [0.2, 0.25) is 0 Å². The number of benzene rings is 1. The molecule has 1 amide bonds. The fourth-order valence-corrected chi connectivity index (χ4v) is 3.94. The summed E-state index contributed by atoms with van der Waals surface area (Å²) in [4.78, 5) is 17.2. The third-order valence-electron chi connectivity index (χ3n) is 4.32. The molecule has 4 aromatic rings. The van der Waals surface area contributed by atoms with Crippen LogP contribution in [0, 0.1) is 0 Å². The van der Waals surface area contributed by atoms with Crippen LogP contribution in [0.5, 0.6) is 0 Å². The molecular formula is C19H15N5O2S. The lowest BCUT2D eigenvalue weighted by atomic mass is 10.1. The van der Waals surface area contributed by atoms with E-state index in [9.17, 15) is 4.79 Å². The van der Waals surface area contributed by atoms with Gasteiger partial charge in [0.05, 0.1) is 12.0 Å². The van der Waals surface area contributed by atoms with Crippen LogP contribution in [0.2, 0.25) is 0 Å². The third kappa shape index (κ3) is 3.04. The molecule has 0 aliphatic carbocycles. The second-order valence-corrected chi connectivity index (χ2v) is 7.19. The maximum absolute atomic E-state index is 12.5. The van der Waals surface area contributed by atoms with Gasteiger partial charge in [-0.15, -0.1) is 0 Å². The zero-order chi connectivity index (χ0) is 18.2. The van der Waals surface area contributed by atoms with Gasteiger partial charge in [-0.25, -0.2) is 4.98 Å². The van der Waals surface area contributed by atoms with Crippen molar-refractivity contribution >= 4 is 23.4 Å². The van der Waals surface area contributed by atoms with Crippen molar-refractivity contribution in [2.75, 3.05) is 11.1 Å². The standard InChI is InChI=1S/C19H15N5O2S/c25-18(15-10-14(22-23-15)17-5-2-7-26-17)20-13-4-1-3-12(9-13)16-11-24-6-8-27-19(24)21-16/h1-5,7,9-11H,6,8H2,(H,20,25)(H,22,23). The number of carbonyl (C=O) groups is 1. The number of H-pyrrole nitrogens is 1. The van der Waals surface area contributed by atoms with Crippen molar-refractivity contribution in [3.8, 4) is 22.7 Å². The normalized spacial score (nSPS) is 12.9. The Kier molecular flexibility index (Phi) is 3.83. The molecule has 0 fully saturated rings. The maximum atomic E-state index is 12.5. The molecule has 7 nitrogen and oxygen atoms in total. The average molecular weight is 377 g/mol. The minimum Gasteiger partial charge on any atom is -0.463 e. The molecule has 0 saturated heterocycles. The first-order chi connectivity index (χ1) is 13.3. The summed E-state index contributed by atoms with van der Waals surface area (Å²) in [7, 11) is 0. The van der Waals surface area contributed by atoms with Crippen molar-refractivity contribution in [2.24, 2.45) is 0 Å². The van der Waals surface area contributed by atoms with Gasteiger partial charge < -0.3 is 14.3 Å². The van der Waals surface area contributed by atoms with Crippen LogP contribution in [0.15, 0.2) is 64.5 Å². The van der Waals surface area contributed by atoms with E-state index in [1.165, 1.54) is 0 Å². The van der Waals surface area contributed by atoms with Gasteiger partial charge in [0.1, 0.15) is 5.69 Å². The van der Waals surface area contributed by atoms with E-state index in [2.05, 4.69) is 31.3 Å². The molecule has 4 heterocycles. The molecule has 8 heteroatoms. The lowest BCUT2D eigenvalue weighted by Crippen LogP contribution is -2.12. The molecule has 0 radical (unpaired) electrons. The van der Waals surface area contributed by atoms with Gasteiger partial charge in [0.15, 0.2) is 16.6 Å². The van der Waals surface area contributed by atoms with Gasteiger partial charge in [0.25, 0.3) is 5.91 Å². The Balaban J connectivity index is 1.35. The summed E-state index contributed by atoms with van der Waals surface area (Å²) in [5.74, 6) is 1.42. The molecule has 0 saturated carbocycles. The Hall–Kier alpha value is -3.26. The van der Waals surface area contributed by atoms with Crippen LogP contribution in [0.1, 0.15) is 10.5 Å². The van der Waals surface area contributed by atoms with Gasteiger partial charge >= 0.3 is 0 Å². The number of anilines is 1. The monoisotopic (exact) mass is 377 g/mol. The van der Waals surface area contributed by atoms with Crippen LogP contribution < -0.4 is 5.32 Å². The predicted molar refractivity (Wildman–Crippen MR) is 103 cm³/mol. The number of imidazole rings is 1. The van der Waals surface area contributed by atoms with Gasteiger partial charge in [-0.2, -0.15) is 5.10 Å². The highest BCUT2D eigenvalue weighted by molar-refractivity contribution is 7.99. The number of aromatic nitrogens is 4. The van der Waals surface area contributed by atoms with E-state index in [1.54, 1.807) is 36.2 Å². The van der Waals surface area contributed by atoms with E-state index in [0.717, 1.165) is 28.7 Å². The molecule has 0 spiro atoms. The lowest BCUT2D eigenvalue weighted by molar-refractivity contribution is 0.102. The van der Waals surface area contributed by atoms with E-state index in [1.807, 2.05) is 24.3 Å². The van der Waals surface area contributed by atoms with Crippen LogP contribution >= 0.6 is 11.8 Å². The largest absolute Gasteiger partial charge is 0.463 e. The van der Waals surface area contributed by atoms with E-state index < -0.39 is 0 Å². The SMILES string of the molecule is O=C(Nc1cccc(-c2cn3c(n2)SCC3)c1)c1cc(-c2ccco2)[nH]n1. The molecule has 3 aromatic heterocycles. The number of carbonyl (C=O) groups excluding carboxylic acids is 1. The maximum Gasteiger partial charge on any atom is 0.276 e. The van der Waals surface area contributed by atoms with E-state index in [0.29, 0.717) is 22.8 Å². The summed E-state index contributed by atoms with van der Waals surface area (Å²) < 4.78 is 7.47. The Morgan fingerprint density at radius 1 is 1.26 bits per heavy atom. The number of aromatic amines is 1. The van der Waals surface area contributed by atoms with Crippen molar-refractivity contribution in [1.82, 2.24) is 19.7 Å². The first kappa shape index (κ1) is 16.0. The molecule has 0 atom stereocenters. The van der Waals surface area contributed by atoms with Crippen molar-refractivity contribution < 1.29 is 9.21 Å². The van der Waals surface area contributed by atoms with Crippen LogP contribution in [0.4, 0.5) is 5.69 Å². The quantitative estimate of drug-likeness (QED) is 0.563. The molecule has 5 rings (SSSR count). The second-order valence-electron chi connectivity index (χ2n) is 6.13. The number of aryl methyl sites for hydroxylation is 1. The molecule has 0 bridgehead atoms. The fraction of sp³-hybridized carbons (Fsp3) is 0.105. The number of furan rings is 1. The van der Waals surface area contributed by atoms with Gasteiger partial charge in [-0.05, 0) is 24.3 Å². The summed E-state index contributed by atoms with van der Waals surface area (Å²) in [6.45, 7) is 0.987. The van der Waals surface area contributed by atoms with Gasteiger partial charge in [-0.3, -0.25) is 9.89 Å². The zero-order valence-electron chi connectivity index (χ0n) is 14.2. The number of amides is 1. The summed E-state index contributed by atoms with van der Waals surface area (Å²) in [5.41, 5.74) is 3.52. The predicted octanol–water partition coefficient (Wildman–Crippen LogP) is 3.89. The number of rotatable bonds is 4. The second kappa shape index (κ2) is 6.48. The molecular weight excluding hydrogens is 362 g/mol. The highest BCUT2D eigenvalue weighted by atomic mass is 32.2. The molecule has 0 unspecified atom stereocenters. The Morgan fingerprint density at radius 2 is 2.22 bits per heavy atom. The van der Waals surface area contributed by atoms with Crippen molar-refractivity contribution in [2.45, 2.75) is 11.7 Å². The first-order valence-corrected chi connectivity index (χ1v) is 9.46. The summed E-state index contributed by atoms with van der Waals surface area (Å²) in [5, 5.41) is 10.8. The van der Waals surface area contributed by atoms with Crippen LogP contribution in [-0.4, -0.2) is 31.4 Å². The highest BCUT2D eigenvalue weighted by Gasteiger charge is 2.16. The number of nitrogens with zero attached hydrogens (tertiary/aromatic N) is 3. The molecule has 27 heavy (non-hydrogen) atoms. The zero-order valence-corrected chi connectivity index (χ0v) is 15.0. The van der Waals surface area contributed by atoms with Crippen LogP contribution in [0.25, 0.3) is 22.7 Å². The van der Waals surface area contributed by atoms with Crippen LogP contribution in [0.3, 0.4) is 0 Å². The summed E-state index contributed by atoms with van der Waals surface area (Å²) in [6.07, 6.45) is 3.63. The topological polar surface area (TPSA) is 88.7 Å².